The summed E-state index contributed by atoms with van der Waals surface area (Å²) >= 11 is 6.56. The zero-order chi connectivity index (χ0) is 25.6. The molecule has 0 saturated carbocycles. The van der Waals surface area contributed by atoms with Crippen LogP contribution in [-0.4, -0.2) is 24.9 Å². The van der Waals surface area contributed by atoms with Gasteiger partial charge in [-0.1, -0.05) is 35.1 Å². The Bertz CT molecular complexity index is 1710. The van der Waals surface area contributed by atoms with Crippen molar-refractivity contribution < 1.29 is 18.3 Å². The fraction of sp³-hybridized carbons (Fsp3) is 0.182. The third-order valence-electron chi connectivity index (χ3n) is 5.46. The molecular weight excluding hydrogens is 519 g/mol. The molecular formula is C22H15ClF3N7O2S. The summed E-state index contributed by atoms with van der Waals surface area (Å²) in [5.41, 5.74) is -0.284. The molecule has 9 nitrogen and oxygen atoms in total. The second-order valence-corrected chi connectivity index (χ2v) is 9.29. The van der Waals surface area contributed by atoms with E-state index < -0.39 is 22.5 Å². The molecule has 0 amide bonds. The summed E-state index contributed by atoms with van der Waals surface area (Å²) in [6.07, 6.45) is -4.92. The van der Waals surface area contributed by atoms with Crippen molar-refractivity contribution in [3.8, 4) is 5.88 Å². The van der Waals surface area contributed by atoms with E-state index in [-0.39, 0.29) is 39.8 Å². The Morgan fingerprint density at radius 3 is 2.75 bits per heavy atom. The maximum atomic E-state index is 13.8. The van der Waals surface area contributed by atoms with Crippen LogP contribution in [0.2, 0.25) is 5.02 Å². The first-order chi connectivity index (χ1) is 17.1. The van der Waals surface area contributed by atoms with E-state index in [1.807, 2.05) is 0 Å². The molecule has 0 atom stereocenters. The summed E-state index contributed by atoms with van der Waals surface area (Å²) in [4.78, 5) is 16.5. The number of halogens is 4. The van der Waals surface area contributed by atoms with Crippen molar-refractivity contribution >= 4 is 34.2 Å². The number of nitrogens with one attached hydrogen (secondary N) is 1. The summed E-state index contributed by atoms with van der Waals surface area (Å²) in [6, 6.07) is 8.33. The van der Waals surface area contributed by atoms with E-state index in [0.29, 0.717) is 33.4 Å². The normalized spacial score (nSPS) is 13.6. The monoisotopic (exact) mass is 533 g/mol. The standard InChI is InChI=1S/C22H15ClF3N7O2S/c1-10-27-18(31-28-10)9-33-20(34)19(36-21(33)35)14(11-3-5-16-17(7-11)30-32-29-16)6-12-2-4-13(23)8-15(12)22(24,25)26/h2-5,7-8,34H,6,9H2,1H3,(H,27,28,31). The number of aromatic nitrogens is 4. The van der Waals surface area contributed by atoms with Gasteiger partial charge in [-0.25, -0.2) is 4.98 Å². The second-order valence-electron chi connectivity index (χ2n) is 7.89. The molecule has 2 aromatic heterocycles. The predicted molar refractivity (Wildman–Crippen MR) is 125 cm³/mol. The van der Waals surface area contributed by atoms with E-state index in [1.165, 1.54) is 12.1 Å². The van der Waals surface area contributed by atoms with Gasteiger partial charge in [0, 0.05) is 11.4 Å². The number of nitrogens with zero attached hydrogens (tertiary/aromatic N) is 6. The number of fused-ring (bicyclic) bond motifs is 1. The molecule has 5 rings (SSSR count). The molecule has 1 aliphatic rings. The zero-order valence-electron chi connectivity index (χ0n) is 18.3. The number of aromatic amines is 1. The lowest BCUT2D eigenvalue weighted by Crippen LogP contribution is -2.15. The smallest absolute Gasteiger partial charge is 0.416 e. The summed E-state index contributed by atoms with van der Waals surface area (Å²) in [5, 5.41) is 29.9. The third-order valence-corrected chi connectivity index (χ3v) is 6.72. The van der Waals surface area contributed by atoms with Gasteiger partial charge in [-0.3, -0.25) is 14.5 Å². The van der Waals surface area contributed by atoms with Gasteiger partial charge in [0.1, 0.15) is 16.9 Å². The van der Waals surface area contributed by atoms with Crippen LogP contribution in [0.15, 0.2) is 56.6 Å². The molecule has 2 aromatic carbocycles. The molecule has 14 heteroatoms. The Balaban J connectivity index is 1.70. The lowest BCUT2D eigenvalue weighted by Gasteiger charge is -2.15. The average molecular weight is 534 g/mol. The van der Waals surface area contributed by atoms with Crippen molar-refractivity contribution in [2.24, 2.45) is 15.4 Å². The second kappa shape index (κ2) is 8.99. The summed E-state index contributed by atoms with van der Waals surface area (Å²) < 4.78 is 42.6. The number of hydrogen-bond donors (Lipinski definition) is 2. The van der Waals surface area contributed by atoms with Crippen LogP contribution in [0.25, 0.3) is 5.57 Å². The number of H-pyrrole nitrogens is 1. The van der Waals surface area contributed by atoms with Gasteiger partial charge in [-0.2, -0.15) is 18.3 Å². The minimum atomic E-state index is -4.67. The Labute approximate surface area is 208 Å². The molecule has 0 spiro atoms. The molecule has 4 aromatic rings. The molecule has 1 aliphatic heterocycles. The first kappa shape index (κ1) is 23.9. The molecule has 0 bridgehead atoms. The minimum Gasteiger partial charge on any atom is -0.493 e. The van der Waals surface area contributed by atoms with Crippen molar-refractivity contribution in [3.05, 3.63) is 89.3 Å². The SMILES string of the molecule is Cc1nc(Cn2c(O)c(C(Cc3ccc(Cl)cc3C(F)(F)F)=c3ccc4c(c3)N=NN=4)sc2=O)n[nH]1. The number of alkyl halides is 3. The summed E-state index contributed by atoms with van der Waals surface area (Å²) in [6.45, 7) is 1.57. The van der Waals surface area contributed by atoms with Crippen LogP contribution in [0.1, 0.15) is 27.7 Å². The van der Waals surface area contributed by atoms with E-state index in [0.717, 1.165) is 10.6 Å². The van der Waals surface area contributed by atoms with E-state index in [1.54, 1.807) is 25.1 Å². The number of hydrogen-bond acceptors (Lipinski definition) is 8. The molecule has 0 aliphatic carbocycles. The first-order valence-corrected chi connectivity index (χ1v) is 11.6. The van der Waals surface area contributed by atoms with Crippen molar-refractivity contribution in [1.82, 2.24) is 19.7 Å². The van der Waals surface area contributed by atoms with Crippen LogP contribution in [-0.2, 0) is 19.1 Å². The van der Waals surface area contributed by atoms with Gasteiger partial charge in [0.25, 0.3) is 0 Å². The van der Waals surface area contributed by atoms with Crippen LogP contribution in [0.5, 0.6) is 5.88 Å². The number of thiazole rings is 1. The zero-order valence-corrected chi connectivity index (χ0v) is 19.9. The van der Waals surface area contributed by atoms with Crippen LogP contribution in [0, 0.1) is 6.92 Å². The van der Waals surface area contributed by atoms with Gasteiger partial charge in [0.15, 0.2) is 5.82 Å². The van der Waals surface area contributed by atoms with Gasteiger partial charge < -0.3 is 5.11 Å². The maximum absolute atomic E-state index is 13.8. The largest absolute Gasteiger partial charge is 0.493 e. The highest BCUT2D eigenvalue weighted by molar-refractivity contribution is 7.10. The first-order valence-electron chi connectivity index (χ1n) is 10.4. The van der Waals surface area contributed by atoms with Crippen molar-refractivity contribution in [1.29, 1.82) is 0 Å². The Hall–Kier alpha value is -3.84. The molecule has 0 radical (unpaired) electrons. The number of aromatic hydroxyl groups is 1. The topological polar surface area (TPSA) is 121 Å². The molecule has 184 valence electrons. The van der Waals surface area contributed by atoms with Gasteiger partial charge in [-0.05, 0) is 52.8 Å². The quantitative estimate of drug-likeness (QED) is 0.405. The highest BCUT2D eigenvalue weighted by Crippen LogP contribution is 2.37. The van der Waals surface area contributed by atoms with Gasteiger partial charge in [-0.15, -0.1) is 10.2 Å². The van der Waals surface area contributed by atoms with E-state index in [2.05, 4.69) is 30.6 Å². The summed E-state index contributed by atoms with van der Waals surface area (Å²) in [7, 11) is 0. The Morgan fingerprint density at radius 1 is 1.22 bits per heavy atom. The molecule has 0 fully saturated rings. The fourth-order valence-corrected chi connectivity index (χ4v) is 4.92. The Morgan fingerprint density at radius 2 is 2.03 bits per heavy atom. The van der Waals surface area contributed by atoms with Crippen molar-refractivity contribution in [3.63, 3.8) is 0 Å². The number of benzene rings is 2. The minimum absolute atomic E-state index is 0.0624. The van der Waals surface area contributed by atoms with Crippen LogP contribution in [0.3, 0.4) is 0 Å². The van der Waals surface area contributed by atoms with E-state index in [4.69, 9.17) is 11.6 Å². The highest BCUT2D eigenvalue weighted by atomic mass is 35.5. The molecule has 36 heavy (non-hydrogen) atoms. The lowest BCUT2D eigenvalue weighted by atomic mass is 9.96. The molecule has 0 saturated heterocycles. The molecule has 2 N–H and O–H groups in total. The Kier molecular flexibility index (Phi) is 5.96. The van der Waals surface area contributed by atoms with Gasteiger partial charge in [0.2, 0.25) is 5.88 Å². The highest BCUT2D eigenvalue weighted by Gasteiger charge is 2.34. The van der Waals surface area contributed by atoms with E-state index in [9.17, 15) is 23.1 Å². The van der Waals surface area contributed by atoms with Crippen LogP contribution < -0.4 is 15.4 Å². The lowest BCUT2D eigenvalue weighted by molar-refractivity contribution is -0.138. The van der Waals surface area contributed by atoms with Gasteiger partial charge in [0.05, 0.1) is 17.0 Å². The number of rotatable bonds is 5. The maximum Gasteiger partial charge on any atom is 0.416 e. The molecule has 3 heterocycles. The van der Waals surface area contributed by atoms with Crippen molar-refractivity contribution in [2.45, 2.75) is 26.1 Å². The molecule has 0 unspecified atom stereocenters. The fourth-order valence-electron chi connectivity index (χ4n) is 3.80. The third kappa shape index (κ3) is 4.54. The van der Waals surface area contributed by atoms with Gasteiger partial charge >= 0.3 is 11.0 Å². The average Bonchev–Trinajstić information content (AvgIpc) is 3.53. The number of aryl methyl sites for hydroxylation is 1. The van der Waals surface area contributed by atoms with E-state index >= 15 is 0 Å². The van der Waals surface area contributed by atoms with Crippen molar-refractivity contribution in [2.75, 3.05) is 0 Å². The van der Waals surface area contributed by atoms with Crippen LogP contribution >= 0.6 is 22.9 Å². The predicted octanol–water partition coefficient (Wildman–Crippen LogP) is 3.84. The van der Waals surface area contributed by atoms with Crippen LogP contribution in [0.4, 0.5) is 18.9 Å². The summed E-state index contributed by atoms with van der Waals surface area (Å²) in [5.74, 6) is 0.393.